The van der Waals surface area contributed by atoms with Crippen LogP contribution in [0.5, 0.6) is 0 Å². The smallest absolute Gasteiger partial charge is 0.0958 e. The van der Waals surface area contributed by atoms with Gasteiger partial charge in [-0.1, -0.05) is 27.7 Å². The molecule has 0 saturated carbocycles. The van der Waals surface area contributed by atoms with Crippen LogP contribution in [-0.4, -0.2) is 23.4 Å². The molecule has 0 spiro atoms. The number of rotatable bonds is 5. The standard InChI is InChI=1S/C11H24O2/c1-7-11(12,8-2)10(5,13-6)9(3)4/h9,12H,7-8H2,1-6H3. The van der Waals surface area contributed by atoms with Gasteiger partial charge in [-0.15, -0.1) is 0 Å². The monoisotopic (exact) mass is 188 g/mol. The molecule has 13 heavy (non-hydrogen) atoms. The summed E-state index contributed by atoms with van der Waals surface area (Å²) >= 11 is 0. The molecule has 1 unspecified atom stereocenters. The first kappa shape index (κ1) is 12.9. The summed E-state index contributed by atoms with van der Waals surface area (Å²) in [6.07, 6.45) is 1.46. The van der Waals surface area contributed by atoms with Crippen LogP contribution >= 0.6 is 0 Å². The Kier molecular flexibility index (Phi) is 4.40. The summed E-state index contributed by atoms with van der Waals surface area (Å²) in [7, 11) is 1.68. The van der Waals surface area contributed by atoms with Crippen LogP contribution in [0.15, 0.2) is 0 Å². The molecule has 0 rings (SSSR count). The van der Waals surface area contributed by atoms with Gasteiger partial charge in [0.15, 0.2) is 0 Å². The van der Waals surface area contributed by atoms with Gasteiger partial charge in [0.1, 0.15) is 0 Å². The Morgan fingerprint density at radius 3 is 1.69 bits per heavy atom. The van der Waals surface area contributed by atoms with Gasteiger partial charge in [-0.2, -0.15) is 0 Å². The molecule has 0 aliphatic carbocycles. The van der Waals surface area contributed by atoms with Gasteiger partial charge in [0.25, 0.3) is 0 Å². The molecule has 2 nitrogen and oxygen atoms in total. The Morgan fingerprint density at radius 2 is 1.62 bits per heavy atom. The van der Waals surface area contributed by atoms with Crippen LogP contribution in [-0.2, 0) is 4.74 Å². The second kappa shape index (κ2) is 4.43. The third kappa shape index (κ3) is 2.05. The molecule has 0 aromatic rings. The van der Waals surface area contributed by atoms with Crippen molar-refractivity contribution < 1.29 is 9.84 Å². The third-order valence-corrected chi connectivity index (χ3v) is 3.62. The van der Waals surface area contributed by atoms with Crippen molar-refractivity contribution in [2.45, 2.75) is 58.7 Å². The van der Waals surface area contributed by atoms with Crippen molar-refractivity contribution >= 4 is 0 Å². The first-order valence-electron chi connectivity index (χ1n) is 5.15. The lowest BCUT2D eigenvalue weighted by Crippen LogP contribution is -2.56. The summed E-state index contributed by atoms with van der Waals surface area (Å²) in [5.74, 6) is 0.308. The van der Waals surface area contributed by atoms with E-state index in [4.69, 9.17) is 4.74 Å². The third-order valence-electron chi connectivity index (χ3n) is 3.62. The van der Waals surface area contributed by atoms with Gasteiger partial charge in [-0.25, -0.2) is 0 Å². The van der Waals surface area contributed by atoms with E-state index >= 15 is 0 Å². The highest BCUT2D eigenvalue weighted by molar-refractivity contribution is 4.98. The molecule has 2 heteroatoms. The first-order valence-corrected chi connectivity index (χ1v) is 5.15. The van der Waals surface area contributed by atoms with E-state index in [-0.39, 0.29) is 0 Å². The van der Waals surface area contributed by atoms with Crippen LogP contribution in [0.2, 0.25) is 0 Å². The van der Waals surface area contributed by atoms with Gasteiger partial charge in [0.05, 0.1) is 11.2 Å². The molecule has 0 saturated heterocycles. The average Bonchev–Trinajstić information content (AvgIpc) is 2.14. The second-order valence-corrected chi connectivity index (χ2v) is 4.20. The highest BCUT2D eigenvalue weighted by Gasteiger charge is 2.46. The van der Waals surface area contributed by atoms with Crippen LogP contribution in [0.25, 0.3) is 0 Å². The van der Waals surface area contributed by atoms with Crippen molar-refractivity contribution in [3.8, 4) is 0 Å². The van der Waals surface area contributed by atoms with Crippen LogP contribution in [0, 0.1) is 5.92 Å². The molecular weight excluding hydrogens is 164 g/mol. The minimum absolute atomic E-state index is 0.308. The van der Waals surface area contributed by atoms with Crippen molar-refractivity contribution in [2.24, 2.45) is 5.92 Å². The minimum atomic E-state index is -0.712. The molecule has 0 bridgehead atoms. The molecule has 0 radical (unpaired) electrons. The van der Waals surface area contributed by atoms with Crippen LogP contribution < -0.4 is 0 Å². The zero-order valence-electron chi connectivity index (χ0n) is 9.85. The molecule has 0 aromatic heterocycles. The molecule has 1 atom stereocenters. The van der Waals surface area contributed by atoms with E-state index < -0.39 is 11.2 Å². The van der Waals surface area contributed by atoms with E-state index in [1.54, 1.807) is 7.11 Å². The Morgan fingerprint density at radius 1 is 1.23 bits per heavy atom. The summed E-state index contributed by atoms with van der Waals surface area (Å²) < 4.78 is 5.50. The van der Waals surface area contributed by atoms with Gasteiger partial charge >= 0.3 is 0 Å². The fourth-order valence-corrected chi connectivity index (χ4v) is 1.92. The van der Waals surface area contributed by atoms with Gasteiger partial charge in [0, 0.05) is 7.11 Å². The summed E-state index contributed by atoms with van der Waals surface area (Å²) in [6, 6.07) is 0. The van der Waals surface area contributed by atoms with E-state index in [1.165, 1.54) is 0 Å². The minimum Gasteiger partial charge on any atom is -0.387 e. The zero-order valence-corrected chi connectivity index (χ0v) is 9.85. The molecule has 0 heterocycles. The number of hydrogen-bond donors (Lipinski definition) is 1. The van der Waals surface area contributed by atoms with Crippen molar-refractivity contribution in [2.75, 3.05) is 7.11 Å². The highest BCUT2D eigenvalue weighted by Crippen LogP contribution is 2.37. The van der Waals surface area contributed by atoms with Crippen molar-refractivity contribution in [1.82, 2.24) is 0 Å². The molecule has 80 valence electrons. The Balaban J connectivity index is 4.91. The number of methoxy groups -OCH3 is 1. The molecular formula is C11H24O2. The predicted molar refractivity (Wildman–Crippen MR) is 55.8 cm³/mol. The molecule has 1 N–H and O–H groups in total. The molecule has 0 fully saturated rings. The van der Waals surface area contributed by atoms with Crippen molar-refractivity contribution in [3.63, 3.8) is 0 Å². The molecule has 0 aliphatic heterocycles. The van der Waals surface area contributed by atoms with E-state index in [1.807, 2.05) is 20.8 Å². The number of ether oxygens (including phenoxy) is 1. The van der Waals surface area contributed by atoms with Crippen LogP contribution in [0.4, 0.5) is 0 Å². The highest BCUT2D eigenvalue weighted by atomic mass is 16.5. The van der Waals surface area contributed by atoms with E-state index in [9.17, 15) is 5.11 Å². The lowest BCUT2D eigenvalue weighted by molar-refractivity contribution is -0.185. The summed E-state index contributed by atoms with van der Waals surface area (Å²) in [5, 5.41) is 10.4. The second-order valence-electron chi connectivity index (χ2n) is 4.20. The first-order chi connectivity index (χ1) is 5.88. The summed E-state index contributed by atoms with van der Waals surface area (Å²) in [6.45, 7) is 10.2. The topological polar surface area (TPSA) is 29.5 Å². The van der Waals surface area contributed by atoms with Gasteiger partial charge in [-0.05, 0) is 25.7 Å². The maximum atomic E-state index is 10.4. The Hall–Kier alpha value is -0.0800. The maximum absolute atomic E-state index is 10.4. The summed E-state index contributed by atoms with van der Waals surface area (Å²) in [4.78, 5) is 0. The maximum Gasteiger partial charge on any atom is 0.0958 e. The van der Waals surface area contributed by atoms with Gasteiger partial charge < -0.3 is 9.84 Å². The van der Waals surface area contributed by atoms with Crippen molar-refractivity contribution in [3.05, 3.63) is 0 Å². The largest absolute Gasteiger partial charge is 0.387 e. The number of hydrogen-bond acceptors (Lipinski definition) is 2. The fraction of sp³-hybridized carbons (Fsp3) is 1.00. The lowest BCUT2D eigenvalue weighted by Gasteiger charge is -2.46. The van der Waals surface area contributed by atoms with E-state index in [0.29, 0.717) is 5.92 Å². The SMILES string of the molecule is CCC(O)(CC)C(C)(OC)C(C)C. The zero-order chi connectivity index (χ0) is 10.7. The Labute approximate surface area is 82.3 Å². The molecule has 0 aromatic carbocycles. The van der Waals surface area contributed by atoms with E-state index in [2.05, 4.69) is 13.8 Å². The molecule has 0 aliphatic rings. The van der Waals surface area contributed by atoms with Gasteiger partial charge in [0.2, 0.25) is 0 Å². The normalized spacial score (nSPS) is 17.5. The van der Waals surface area contributed by atoms with E-state index in [0.717, 1.165) is 12.8 Å². The van der Waals surface area contributed by atoms with Crippen LogP contribution in [0.1, 0.15) is 47.5 Å². The summed E-state index contributed by atoms with van der Waals surface area (Å²) in [5.41, 5.74) is -1.16. The van der Waals surface area contributed by atoms with Crippen molar-refractivity contribution in [1.29, 1.82) is 0 Å². The fourth-order valence-electron chi connectivity index (χ4n) is 1.92. The number of aliphatic hydroxyl groups is 1. The lowest BCUT2D eigenvalue weighted by atomic mass is 9.73. The van der Waals surface area contributed by atoms with Crippen LogP contribution in [0.3, 0.4) is 0 Å². The average molecular weight is 188 g/mol. The Bertz CT molecular complexity index is 150. The predicted octanol–water partition coefficient (Wildman–Crippen LogP) is 2.60. The molecule has 0 amide bonds. The van der Waals surface area contributed by atoms with Gasteiger partial charge in [-0.3, -0.25) is 0 Å². The quantitative estimate of drug-likeness (QED) is 0.718.